The third-order valence-corrected chi connectivity index (χ3v) is 2.04. The SMILES string of the molecule is O=C=NCC(CCC(CN=C=O)N=C=O)N=C=O. The fourth-order valence-corrected chi connectivity index (χ4v) is 1.21. The van der Waals surface area contributed by atoms with Crippen LogP contribution in [-0.2, 0) is 19.2 Å². The van der Waals surface area contributed by atoms with E-state index in [1.807, 2.05) is 0 Å². The molecule has 0 amide bonds. The summed E-state index contributed by atoms with van der Waals surface area (Å²) in [7, 11) is 0. The Balaban J connectivity index is 4.42. The lowest BCUT2D eigenvalue weighted by atomic mass is 10.1. The van der Waals surface area contributed by atoms with Crippen LogP contribution >= 0.6 is 0 Å². The summed E-state index contributed by atoms with van der Waals surface area (Å²) in [6.07, 6.45) is 6.08. The van der Waals surface area contributed by atoms with E-state index in [4.69, 9.17) is 0 Å². The predicted molar refractivity (Wildman–Crippen MR) is 59.0 cm³/mol. The zero-order chi connectivity index (χ0) is 13.6. The summed E-state index contributed by atoms with van der Waals surface area (Å²) < 4.78 is 0. The quantitative estimate of drug-likeness (QED) is 0.417. The van der Waals surface area contributed by atoms with Crippen molar-refractivity contribution in [1.82, 2.24) is 0 Å². The van der Waals surface area contributed by atoms with E-state index in [0.29, 0.717) is 12.8 Å². The fourth-order valence-electron chi connectivity index (χ4n) is 1.21. The molecule has 2 atom stereocenters. The van der Waals surface area contributed by atoms with Crippen LogP contribution in [0.1, 0.15) is 12.8 Å². The van der Waals surface area contributed by atoms with Gasteiger partial charge in [-0.15, -0.1) is 0 Å². The van der Waals surface area contributed by atoms with E-state index in [1.54, 1.807) is 0 Å². The standard InChI is InChI=1S/C10H10N4O4/c15-5-11-3-9(13-7-17)1-2-10(14-8-18)4-12-6-16/h9-10H,1-4H2. The fraction of sp³-hybridized carbons (Fsp3) is 0.600. The Morgan fingerprint density at radius 3 is 1.33 bits per heavy atom. The molecule has 0 aliphatic rings. The minimum atomic E-state index is -0.534. The average Bonchev–Trinajstić information content (AvgIpc) is 2.38. The molecule has 0 saturated heterocycles. The minimum absolute atomic E-state index is 0.00715. The Morgan fingerprint density at radius 2 is 1.06 bits per heavy atom. The second-order valence-electron chi connectivity index (χ2n) is 3.19. The summed E-state index contributed by atoms with van der Waals surface area (Å²) >= 11 is 0. The first-order chi connectivity index (χ1) is 8.78. The zero-order valence-electron chi connectivity index (χ0n) is 9.40. The molecule has 94 valence electrons. The van der Waals surface area contributed by atoms with E-state index < -0.39 is 12.1 Å². The molecule has 0 radical (unpaired) electrons. The van der Waals surface area contributed by atoms with Gasteiger partial charge in [0.15, 0.2) is 0 Å². The normalized spacial score (nSPS) is 11.8. The maximum Gasteiger partial charge on any atom is 0.235 e. The van der Waals surface area contributed by atoms with Gasteiger partial charge in [0.2, 0.25) is 24.3 Å². The third kappa shape index (κ3) is 7.77. The Hall–Kier alpha value is -2.48. The first kappa shape index (κ1) is 15.5. The van der Waals surface area contributed by atoms with Crippen LogP contribution < -0.4 is 0 Å². The highest BCUT2D eigenvalue weighted by Gasteiger charge is 2.12. The van der Waals surface area contributed by atoms with Crippen LogP contribution in [0.5, 0.6) is 0 Å². The molecule has 8 nitrogen and oxygen atoms in total. The van der Waals surface area contributed by atoms with Gasteiger partial charge in [-0.3, -0.25) is 0 Å². The number of carbonyl (C=O) groups excluding carboxylic acids is 4. The van der Waals surface area contributed by atoms with Crippen molar-refractivity contribution in [2.75, 3.05) is 13.1 Å². The molecule has 0 fully saturated rings. The summed E-state index contributed by atoms with van der Waals surface area (Å²) in [6, 6.07) is -1.07. The Bertz CT molecular complexity index is 397. The molecule has 2 unspecified atom stereocenters. The maximum atomic E-state index is 10.1. The summed E-state index contributed by atoms with van der Waals surface area (Å²) in [4.78, 5) is 53.6. The molecular weight excluding hydrogens is 240 g/mol. The van der Waals surface area contributed by atoms with Gasteiger partial charge >= 0.3 is 0 Å². The predicted octanol–water partition coefficient (Wildman–Crippen LogP) is -0.153. The van der Waals surface area contributed by atoms with E-state index in [1.165, 1.54) is 24.3 Å². The first-order valence-electron chi connectivity index (χ1n) is 4.99. The number of hydrogen-bond acceptors (Lipinski definition) is 8. The molecule has 0 aromatic carbocycles. The van der Waals surface area contributed by atoms with Gasteiger partial charge < -0.3 is 0 Å². The number of isocyanates is 4. The molecule has 0 aromatic rings. The summed E-state index contributed by atoms with van der Waals surface area (Å²) in [5, 5.41) is 0. The lowest BCUT2D eigenvalue weighted by Crippen LogP contribution is -2.15. The smallest absolute Gasteiger partial charge is 0.211 e. The molecule has 18 heavy (non-hydrogen) atoms. The molecular formula is C10H10N4O4. The zero-order valence-corrected chi connectivity index (χ0v) is 9.40. The van der Waals surface area contributed by atoms with E-state index in [9.17, 15) is 19.2 Å². The van der Waals surface area contributed by atoms with E-state index >= 15 is 0 Å². The number of nitrogens with zero attached hydrogens (tertiary/aromatic N) is 4. The number of rotatable bonds is 9. The largest absolute Gasteiger partial charge is 0.235 e. The van der Waals surface area contributed by atoms with Crippen LogP contribution in [0.25, 0.3) is 0 Å². The van der Waals surface area contributed by atoms with Crippen molar-refractivity contribution in [2.45, 2.75) is 24.9 Å². The molecule has 0 N–H and O–H groups in total. The Labute approximate surface area is 102 Å². The van der Waals surface area contributed by atoms with Crippen molar-refractivity contribution in [3.8, 4) is 0 Å². The second-order valence-corrected chi connectivity index (χ2v) is 3.19. The third-order valence-electron chi connectivity index (χ3n) is 2.04. The van der Waals surface area contributed by atoms with Crippen molar-refractivity contribution >= 4 is 24.3 Å². The van der Waals surface area contributed by atoms with E-state index in [2.05, 4.69) is 20.0 Å². The number of aliphatic imine (C=N–C) groups is 4. The van der Waals surface area contributed by atoms with Crippen LogP contribution in [0.2, 0.25) is 0 Å². The molecule has 0 bridgehead atoms. The van der Waals surface area contributed by atoms with Crippen molar-refractivity contribution in [2.24, 2.45) is 20.0 Å². The van der Waals surface area contributed by atoms with Crippen molar-refractivity contribution in [1.29, 1.82) is 0 Å². The Kier molecular flexibility index (Phi) is 9.50. The van der Waals surface area contributed by atoms with Gasteiger partial charge in [0.1, 0.15) is 0 Å². The molecule has 0 spiro atoms. The monoisotopic (exact) mass is 250 g/mol. The van der Waals surface area contributed by atoms with Gasteiger partial charge in [0.05, 0.1) is 25.2 Å². The van der Waals surface area contributed by atoms with Gasteiger partial charge in [-0.25, -0.2) is 39.1 Å². The highest BCUT2D eigenvalue weighted by Crippen LogP contribution is 2.08. The highest BCUT2D eigenvalue weighted by molar-refractivity contribution is 5.36. The summed E-state index contributed by atoms with van der Waals surface area (Å²) in [5.74, 6) is 0. The molecule has 8 heteroatoms. The van der Waals surface area contributed by atoms with Gasteiger partial charge in [-0.2, -0.15) is 0 Å². The van der Waals surface area contributed by atoms with Gasteiger partial charge in [0.25, 0.3) is 0 Å². The average molecular weight is 250 g/mol. The summed E-state index contributed by atoms with van der Waals surface area (Å²) in [5.41, 5.74) is 0. The second kappa shape index (κ2) is 11.0. The van der Waals surface area contributed by atoms with Gasteiger partial charge in [-0.1, -0.05) is 0 Å². The van der Waals surface area contributed by atoms with E-state index in [0.717, 1.165) is 0 Å². The molecule has 0 rings (SSSR count). The number of hydrogen-bond donors (Lipinski definition) is 0. The van der Waals surface area contributed by atoms with Gasteiger partial charge in [0, 0.05) is 0 Å². The van der Waals surface area contributed by atoms with Crippen molar-refractivity contribution in [3.05, 3.63) is 0 Å². The van der Waals surface area contributed by atoms with Crippen LogP contribution in [0.4, 0.5) is 0 Å². The topological polar surface area (TPSA) is 118 Å². The van der Waals surface area contributed by atoms with Crippen LogP contribution in [0, 0.1) is 0 Å². The molecule has 0 aliphatic heterocycles. The van der Waals surface area contributed by atoms with Crippen molar-refractivity contribution < 1.29 is 19.2 Å². The van der Waals surface area contributed by atoms with Gasteiger partial charge in [-0.05, 0) is 12.8 Å². The lowest BCUT2D eigenvalue weighted by molar-refractivity contribution is 0.506. The Morgan fingerprint density at radius 1 is 0.667 bits per heavy atom. The van der Waals surface area contributed by atoms with E-state index in [-0.39, 0.29) is 13.1 Å². The first-order valence-corrected chi connectivity index (χ1v) is 4.99. The van der Waals surface area contributed by atoms with Crippen LogP contribution in [0.3, 0.4) is 0 Å². The molecule has 0 saturated carbocycles. The van der Waals surface area contributed by atoms with Crippen LogP contribution in [0.15, 0.2) is 20.0 Å². The maximum absolute atomic E-state index is 10.1. The molecule has 0 heterocycles. The van der Waals surface area contributed by atoms with Crippen molar-refractivity contribution in [3.63, 3.8) is 0 Å². The molecule has 0 aliphatic carbocycles. The summed E-state index contributed by atoms with van der Waals surface area (Å²) in [6.45, 7) is 0.0143. The van der Waals surface area contributed by atoms with Crippen LogP contribution in [-0.4, -0.2) is 49.5 Å². The molecule has 0 aromatic heterocycles. The minimum Gasteiger partial charge on any atom is -0.211 e. The highest BCUT2D eigenvalue weighted by atomic mass is 16.1. The lowest BCUT2D eigenvalue weighted by Gasteiger charge is -2.09.